The highest BCUT2D eigenvalue weighted by molar-refractivity contribution is 6.32. The van der Waals surface area contributed by atoms with E-state index in [0.717, 1.165) is 0 Å². The summed E-state index contributed by atoms with van der Waals surface area (Å²) in [5, 5.41) is 2.71. The van der Waals surface area contributed by atoms with Gasteiger partial charge in [-0.15, -0.1) is 0 Å². The van der Waals surface area contributed by atoms with Crippen LogP contribution in [0.4, 0.5) is 19.1 Å². The van der Waals surface area contributed by atoms with Crippen molar-refractivity contribution in [1.82, 2.24) is 9.97 Å². The molecular weight excluding hydrogens is 295 g/mol. The number of rotatable bonds is 3. The molecule has 20 heavy (non-hydrogen) atoms. The summed E-state index contributed by atoms with van der Waals surface area (Å²) in [5.41, 5.74) is -1.10. The zero-order valence-electron chi connectivity index (χ0n) is 10.2. The molecule has 1 N–H and O–H groups in total. The fourth-order valence-corrected chi connectivity index (χ4v) is 1.55. The third-order valence-corrected chi connectivity index (χ3v) is 2.58. The molecule has 0 spiro atoms. The van der Waals surface area contributed by atoms with Gasteiger partial charge in [-0.05, 0) is 12.1 Å². The van der Waals surface area contributed by atoms with Crippen molar-refractivity contribution in [3.05, 3.63) is 41.0 Å². The molecule has 0 saturated carbocycles. The number of hydrogen-bond donors (Lipinski definition) is 1. The molecule has 0 aliphatic rings. The molecule has 1 aromatic carbocycles. The molecule has 2 aromatic rings. The molecular formula is C12H9ClF3N3O. The van der Waals surface area contributed by atoms with Crippen LogP contribution >= 0.6 is 11.6 Å². The van der Waals surface area contributed by atoms with Gasteiger partial charge in [0.1, 0.15) is 5.75 Å². The number of halogens is 4. The second-order valence-corrected chi connectivity index (χ2v) is 4.10. The summed E-state index contributed by atoms with van der Waals surface area (Å²) in [5.74, 6) is -0.227. The Balaban J connectivity index is 2.39. The van der Waals surface area contributed by atoms with Crippen LogP contribution in [0.2, 0.25) is 5.02 Å². The zero-order valence-corrected chi connectivity index (χ0v) is 11.0. The SMILES string of the molecule is CNc1nc(Oc2ccccc2Cl)cc(C(F)(F)F)n1. The molecule has 106 valence electrons. The van der Waals surface area contributed by atoms with E-state index in [1.165, 1.54) is 13.1 Å². The molecule has 2 rings (SSSR count). The minimum absolute atomic E-state index is 0.193. The smallest absolute Gasteiger partial charge is 0.433 e. The van der Waals surface area contributed by atoms with E-state index in [-0.39, 0.29) is 22.6 Å². The number of alkyl halides is 3. The van der Waals surface area contributed by atoms with Crippen molar-refractivity contribution < 1.29 is 17.9 Å². The van der Waals surface area contributed by atoms with Crippen molar-refractivity contribution >= 4 is 17.5 Å². The van der Waals surface area contributed by atoms with Crippen LogP contribution in [0.5, 0.6) is 11.6 Å². The minimum atomic E-state index is -4.59. The van der Waals surface area contributed by atoms with Gasteiger partial charge >= 0.3 is 6.18 Å². The number of anilines is 1. The van der Waals surface area contributed by atoms with Crippen molar-refractivity contribution in [2.24, 2.45) is 0 Å². The predicted octanol–water partition coefficient (Wildman–Crippen LogP) is 3.98. The molecule has 0 aliphatic carbocycles. The van der Waals surface area contributed by atoms with Crippen LogP contribution in [0, 0.1) is 0 Å². The molecule has 0 radical (unpaired) electrons. The normalized spacial score (nSPS) is 11.2. The van der Waals surface area contributed by atoms with Crippen LogP contribution < -0.4 is 10.1 Å². The topological polar surface area (TPSA) is 47.0 Å². The van der Waals surface area contributed by atoms with Gasteiger partial charge in [-0.3, -0.25) is 0 Å². The Morgan fingerprint density at radius 2 is 1.90 bits per heavy atom. The second-order valence-electron chi connectivity index (χ2n) is 3.70. The average molecular weight is 304 g/mol. The average Bonchev–Trinajstić information content (AvgIpc) is 2.40. The molecule has 1 aromatic heterocycles. The van der Waals surface area contributed by atoms with Gasteiger partial charge in [0.2, 0.25) is 11.8 Å². The van der Waals surface area contributed by atoms with Crippen molar-refractivity contribution in [3.8, 4) is 11.6 Å². The Hall–Kier alpha value is -2.02. The lowest BCUT2D eigenvalue weighted by molar-refractivity contribution is -0.141. The quantitative estimate of drug-likeness (QED) is 0.931. The van der Waals surface area contributed by atoms with Gasteiger partial charge in [0, 0.05) is 13.1 Å². The molecule has 0 saturated heterocycles. The number of nitrogens with zero attached hydrogens (tertiary/aromatic N) is 2. The lowest BCUT2D eigenvalue weighted by atomic mass is 10.3. The molecule has 0 atom stereocenters. The first-order valence-corrected chi connectivity index (χ1v) is 5.84. The Labute approximate surface area is 117 Å². The van der Waals surface area contributed by atoms with Gasteiger partial charge in [0.15, 0.2) is 5.69 Å². The second kappa shape index (κ2) is 5.54. The van der Waals surface area contributed by atoms with E-state index in [9.17, 15) is 13.2 Å². The van der Waals surface area contributed by atoms with Crippen molar-refractivity contribution in [3.63, 3.8) is 0 Å². The van der Waals surface area contributed by atoms with Crippen molar-refractivity contribution in [2.75, 3.05) is 12.4 Å². The van der Waals surface area contributed by atoms with Crippen LogP contribution in [-0.2, 0) is 6.18 Å². The Morgan fingerprint density at radius 1 is 1.20 bits per heavy atom. The van der Waals surface area contributed by atoms with E-state index >= 15 is 0 Å². The number of benzene rings is 1. The Kier molecular flexibility index (Phi) is 3.99. The fourth-order valence-electron chi connectivity index (χ4n) is 1.37. The Morgan fingerprint density at radius 3 is 2.50 bits per heavy atom. The summed E-state index contributed by atoms with van der Waals surface area (Å²) in [7, 11) is 1.41. The van der Waals surface area contributed by atoms with E-state index in [4.69, 9.17) is 16.3 Å². The van der Waals surface area contributed by atoms with E-state index < -0.39 is 11.9 Å². The van der Waals surface area contributed by atoms with E-state index in [0.29, 0.717) is 6.07 Å². The molecule has 0 fully saturated rings. The first-order chi connectivity index (χ1) is 9.40. The van der Waals surface area contributed by atoms with Gasteiger partial charge in [0.05, 0.1) is 5.02 Å². The van der Waals surface area contributed by atoms with Crippen LogP contribution in [0.25, 0.3) is 0 Å². The third kappa shape index (κ3) is 3.30. The lowest BCUT2D eigenvalue weighted by Gasteiger charge is -2.11. The molecule has 8 heteroatoms. The third-order valence-electron chi connectivity index (χ3n) is 2.27. The number of aromatic nitrogens is 2. The maximum atomic E-state index is 12.7. The molecule has 0 bridgehead atoms. The van der Waals surface area contributed by atoms with E-state index in [1.807, 2.05) is 0 Å². The van der Waals surface area contributed by atoms with E-state index in [2.05, 4.69) is 15.3 Å². The maximum absolute atomic E-state index is 12.7. The standard InChI is InChI=1S/C12H9ClF3N3O/c1-17-11-18-9(12(14,15)16)6-10(19-11)20-8-5-3-2-4-7(8)13/h2-6H,1H3,(H,17,18,19). The molecule has 1 heterocycles. The number of ether oxygens (including phenoxy) is 1. The van der Waals surface area contributed by atoms with E-state index in [1.54, 1.807) is 18.2 Å². The van der Waals surface area contributed by atoms with Crippen LogP contribution in [0.15, 0.2) is 30.3 Å². The van der Waals surface area contributed by atoms with Gasteiger partial charge in [-0.2, -0.15) is 18.2 Å². The predicted molar refractivity (Wildman–Crippen MR) is 68.1 cm³/mol. The highest BCUT2D eigenvalue weighted by Gasteiger charge is 2.34. The molecule has 4 nitrogen and oxygen atoms in total. The summed E-state index contributed by atoms with van der Waals surface area (Å²) < 4.78 is 43.4. The monoisotopic (exact) mass is 303 g/mol. The van der Waals surface area contributed by atoms with Crippen LogP contribution in [-0.4, -0.2) is 17.0 Å². The first-order valence-electron chi connectivity index (χ1n) is 5.46. The summed E-state index contributed by atoms with van der Waals surface area (Å²) >= 11 is 5.87. The van der Waals surface area contributed by atoms with Crippen molar-refractivity contribution in [1.29, 1.82) is 0 Å². The molecule has 0 unspecified atom stereocenters. The summed E-state index contributed by atoms with van der Waals surface area (Å²) in [6.45, 7) is 0. The molecule has 0 amide bonds. The summed E-state index contributed by atoms with van der Waals surface area (Å²) in [6, 6.07) is 7.12. The zero-order chi connectivity index (χ0) is 14.8. The Bertz CT molecular complexity index is 619. The summed E-state index contributed by atoms with van der Waals surface area (Å²) in [6.07, 6.45) is -4.59. The number of hydrogen-bond acceptors (Lipinski definition) is 4. The van der Waals surface area contributed by atoms with Crippen LogP contribution in [0.3, 0.4) is 0 Å². The van der Waals surface area contributed by atoms with Crippen molar-refractivity contribution in [2.45, 2.75) is 6.18 Å². The van der Waals surface area contributed by atoms with Gasteiger partial charge < -0.3 is 10.1 Å². The van der Waals surface area contributed by atoms with Gasteiger partial charge in [-0.1, -0.05) is 23.7 Å². The van der Waals surface area contributed by atoms with Gasteiger partial charge in [-0.25, -0.2) is 4.98 Å². The number of nitrogens with one attached hydrogen (secondary N) is 1. The van der Waals surface area contributed by atoms with Crippen LogP contribution in [0.1, 0.15) is 5.69 Å². The maximum Gasteiger partial charge on any atom is 0.433 e. The largest absolute Gasteiger partial charge is 0.437 e. The lowest BCUT2D eigenvalue weighted by Crippen LogP contribution is -2.11. The minimum Gasteiger partial charge on any atom is -0.437 e. The fraction of sp³-hybridized carbons (Fsp3) is 0.167. The summed E-state index contributed by atoms with van der Waals surface area (Å²) in [4.78, 5) is 7.13. The van der Waals surface area contributed by atoms with Gasteiger partial charge in [0.25, 0.3) is 0 Å². The first kappa shape index (κ1) is 14.4. The highest BCUT2D eigenvalue weighted by atomic mass is 35.5. The molecule has 0 aliphatic heterocycles. The number of para-hydroxylation sites is 1. The highest BCUT2D eigenvalue weighted by Crippen LogP contribution is 2.33.